The minimum absolute atomic E-state index is 0.275. The van der Waals surface area contributed by atoms with E-state index in [2.05, 4.69) is 0 Å². The standard InChI is InChI=1S/C26H28O5/c27-16-22-24(29-17-19-10-4-1-5-11-19)25(30-18-20-12-6-2-7-13-20)23(26(28)31-22)21-14-8-3-9-15-21/h1-15,22-28H,16-18H2/t22-,23-,24-,25-,26?/m1/s1. The Balaban J connectivity index is 1.61. The molecule has 1 fully saturated rings. The molecule has 162 valence electrons. The van der Waals surface area contributed by atoms with Crippen LogP contribution < -0.4 is 0 Å². The molecule has 2 N–H and O–H groups in total. The van der Waals surface area contributed by atoms with E-state index in [1.807, 2.05) is 91.0 Å². The maximum Gasteiger partial charge on any atom is 0.164 e. The fourth-order valence-corrected chi connectivity index (χ4v) is 4.03. The summed E-state index contributed by atoms with van der Waals surface area (Å²) < 4.78 is 18.4. The van der Waals surface area contributed by atoms with Crippen LogP contribution in [-0.2, 0) is 27.4 Å². The second kappa shape index (κ2) is 10.7. The maximum absolute atomic E-state index is 10.8. The fraction of sp³-hybridized carbons (Fsp3) is 0.308. The third-order valence-corrected chi connectivity index (χ3v) is 5.60. The summed E-state index contributed by atoms with van der Waals surface area (Å²) in [6.45, 7) is 0.447. The first-order valence-electron chi connectivity index (χ1n) is 10.6. The fourth-order valence-electron chi connectivity index (χ4n) is 4.03. The van der Waals surface area contributed by atoms with Crippen molar-refractivity contribution in [3.05, 3.63) is 108 Å². The van der Waals surface area contributed by atoms with Crippen molar-refractivity contribution in [2.24, 2.45) is 0 Å². The third-order valence-electron chi connectivity index (χ3n) is 5.60. The van der Waals surface area contributed by atoms with Crippen LogP contribution in [0.4, 0.5) is 0 Å². The molecule has 0 aliphatic carbocycles. The van der Waals surface area contributed by atoms with Gasteiger partial charge in [-0.3, -0.25) is 0 Å². The summed E-state index contributed by atoms with van der Waals surface area (Å²) in [7, 11) is 0. The van der Waals surface area contributed by atoms with Crippen molar-refractivity contribution in [1.82, 2.24) is 0 Å². The van der Waals surface area contributed by atoms with Crippen LogP contribution in [0.3, 0.4) is 0 Å². The molecule has 0 saturated carbocycles. The van der Waals surface area contributed by atoms with Gasteiger partial charge in [0.1, 0.15) is 12.2 Å². The lowest BCUT2D eigenvalue weighted by molar-refractivity contribution is -0.273. The molecule has 0 bridgehead atoms. The molecule has 4 rings (SSSR count). The highest BCUT2D eigenvalue weighted by atomic mass is 16.6. The molecule has 3 aromatic rings. The number of aliphatic hydroxyl groups excluding tert-OH is 2. The van der Waals surface area contributed by atoms with Crippen LogP contribution >= 0.6 is 0 Å². The Morgan fingerprint density at radius 3 is 1.68 bits per heavy atom. The van der Waals surface area contributed by atoms with E-state index in [1.54, 1.807) is 0 Å². The Bertz CT molecular complexity index is 903. The lowest BCUT2D eigenvalue weighted by atomic mass is 9.85. The van der Waals surface area contributed by atoms with Crippen molar-refractivity contribution in [1.29, 1.82) is 0 Å². The lowest BCUT2D eigenvalue weighted by Gasteiger charge is -2.44. The van der Waals surface area contributed by atoms with E-state index in [0.717, 1.165) is 16.7 Å². The SMILES string of the molecule is OC[C@H]1OC(O)[C@H](c2ccccc2)[C@@H](OCc2ccccc2)[C@@H]1OCc1ccccc1. The van der Waals surface area contributed by atoms with Crippen LogP contribution in [0.15, 0.2) is 91.0 Å². The molecule has 0 spiro atoms. The number of rotatable bonds is 8. The summed E-state index contributed by atoms with van der Waals surface area (Å²) in [6.07, 6.45) is -2.87. The molecule has 0 amide bonds. The van der Waals surface area contributed by atoms with Crippen LogP contribution in [0, 0.1) is 0 Å². The molecule has 5 nitrogen and oxygen atoms in total. The molecule has 1 heterocycles. The van der Waals surface area contributed by atoms with E-state index in [0.29, 0.717) is 13.2 Å². The second-order valence-corrected chi connectivity index (χ2v) is 7.71. The van der Waals surface area contributed by atoms with Crippen molar-refractivity contribution < 1.29 is 24.4 Å². The highest BCUT2D eigenvalue weighted by molar-refractivity contribution is 5.24. The van der Waals surface area contributed by atoms with E-state index in [4.69, 9.17) is 14.2 Å². The molecule has 0 radical (unpaired) electrons. The minimum Gasteiger partial charge on any atom is -0.394 e. The molecular formula is C26H28O5. The Kier molecular flexibility index (Phi) is 7.46. The first-order chi connectivity index (χ1) is 15.3. The van der Waals surface area contributed by atoms with Crippen LogP contribution in [0.25, 0.3) is 0 Å². The van der Waals surface area contributed by atoms with Crippen molar-refractivity contribution >= 4 is 0 Å². The van der Waals surface area contributed by atoms with Gasteiger partial charge >= 0.3 is 0 Å². The van der Waals surface area contributed by atoms with Gasteiger partial charge in [0.2, 0.25) is 0 Å². The Morgan fingerprint density at radius 2 is 1.16 bits per heavy atom. The Hall–Kier alpha value is -2.54. The number of hydrogen-bond acceptors (Lipinski definition) is 5. The summed E-state index contributed by atoms with van der Waals surface area (Å²) in [5.74, 6) is -0.450. The predicted molar refractivity (Wildman–Crippen MR) is 117 cm³/mol. The smallest absolute Gasteiger partial charge is 0.164 e. The zero-order valence-corrected chi connectivity index (χ0v) is 17.3. The average molecular weight is 421 g/mol. The van der Waals surface area contributed by atoms with E-state index >= 15 is 0 Å². The van der Waals surface area contributed by atoms with Gasteiger partial charge < -0.3 is 24.4 Å². The molecule has 5 heteroatoms. The van der Waals surface area contributed by atoms with E-state index in [-0.39, 0.29) is 6.61 Å². The third kappa shape index (κ3) is 5.39. The van der Waals surface area contributed by atoms with Gasteiger partial charge in [0.15, 0.2) is 6.29 Å². The van der Waals surface area contributed by atoms with E-state index in [1.165, 1.54) is 0 Å². The highest BCUT2D eigenvalue weighted by Gasteiger charge is 2.47. The normalized spacial score (nSPS) is 25.9. The minimum atomic E-state index is -1.11. The molecule has 0 aromatic heterocycles. The molecule has 5 atom stereocenters. The number of aliphatic hydroxyl groups is 2. The molecule has 3 aromatic carbocycles. The molecule has 1 saturated heterocycles. The van der Waals surface area contributed by atoms with Crippen LogP contribution in [0.1, 0.15) is 22.6 Å². The zero-order chi connectivity index (χ0) is 21.5. The van der Waals surface area contributed by atoms with Crippen molar-refractivity contribution in [2.45, 2.75) is 43.7 Å². The Morgan fingerprint density at radius 1 is 0.677 bits per heavy atom. The average Bonchev–Trinajstić information content (AvgIpc) is 2.83. The second-order valence-electron chi connectivity index (χ2n) is 7.71. The van der Waals surface area contributed by atoms with Gasteiger partial charge in [-0.15, -0.1) is 0 Å². The summed E-state index contributed by atoms with van der Waals surface area (Å²) in [4.78, 5) is 0. The van der Waals surface area contributed by atoms with Crippen LogP contribution in [0.2, 0.25) is 0 Å². The van der Waals surface area contributed by atoms with Gasteiger partial charge in [-0.1, -0.05) is 91.0 Å². The number of hydrogen-bond donors (Lipinski definition) is 2. The van der Waals surface area contributed by atoms with E-state index < -0.39 is 30.5 Å². The van der Waals surface area contributed by atoms with Gasteiger partial charge in [0, 0.05) is 0 Å². The first-order valence-corrected chi connectivity index (χ1v) is 10.6. The van der Waals surface area contributed by atoms with Crippen molar-refractivity contribution in [3.63, 3.8) is 0 Å². The highest BCUT2D eigenvalue weighted by Crippen LogP contribution is 2.37. The summed E-state index contributed by atoms with van der Waals surface area (Å²) in [5.41, 5.74) is 2.94. The summed E-state index contributed by atoms with van der Waals surface area (Å²) in [5, 5.41) is 20.8. The largest absolute Gasteiger partial charge is 0.394 e. The van der Waals surface area contributed by atoms with E-state index in [9.17, 15) is 10.2 Å². The van der Waals surface area contributed by atoms with Gasteiger partial charge in [0.05, 0.1) is 31.8 Å². The monoisotopic (exact) mass is 420 g/mol. The molecular weight excluding hydrogens is 392 g/mol. The van der Waals surface area contributed by atoms with Gasteiger partial charge in [-0.05, 0) is 16.7 Å². The summed E-state index contributed by atoms with van der Waals surface area (Å²) >= 11 is 0. The lowest BCUT2D eigenvalue weighted by Crippen LogP contribution is -2.56. The van der Waals surface area contributed by atoms with Crippen molar-refractivity contribution in [3.8, 4) is 0 Å². The first kappa shape index (κ1) is 21.7. The Labute approximate surface area is 182 Å². The molecule has 1 unspecified atom stereocenters. The zero-order valence-electron chi connectivity index (χ0n) is 17.3. The van der Waals surface area contributed by atoms with Gasteiger partial charge in [0.25, 0.3) is 0 Å². The molecule has 1 aliphatic heterocycles. The van der Waals surface area contributed by atoms with Crippen LogP contribution in [-0.4, -0.2) is 41.4 Å². The number of benzene rings is 3. The van der Waals surface area contributed by atoms with Gasteiger partial charge in [-0.2, -0.15) is 0 Å². The van der Waals surface area contributed by atoms with Gasteiger partial charge in [-0.25, -0.2) is 0 Å². The number of ether oxygens (including phenoxy) is 3. The quantitative estimate of drug-likeness (QED) is 0.582. The van der Waals surface area contributed by atoms with Crippen LogP contribution in [0.5, 0.6) is 0 Å². The van der Waals surface area contributed by atoms with Crippen molar-refractivity contribution in [2.75, 3.05) is 6.61 Å². The maximum atomic E-state index is 10.8. The topological polar surface area (TPSA) is 68.2 Å². The molecule has 31 heavy (non-hydrogen) atoms. The summed E-state index contributed by atoms with van der Waals surface area (Å²) in [6, 6.07) is 29.4. The predicted octanol–water partition coefficient (Wildman–Crippen LogP) is 3.65. The molecule has 1 aliphatic rings.